The summed E-state index contributed by atoms with van der Waals surface area (Å²) in [5.74, 6) is -2.78. The molecule has 124 valence electrons. The highest BCUT2D eigenvalue weighted by Gasteiger charge is 2.39. The number of alkyl halides is 6. The van der Waals surface area contributed by atoms with E-state index in [9.17, 15) is 31.1 Å². The molecule has 0 spiro atoms. The van der Waals surface area contributed by atoms with Crippen LogP contribution in [0.25, 0.3) is 0 Å². The Bertz CT molecular complexity index is 556. The molecule has 22 heavy (non-hydrogen) atoms. The summed E-state index contributed by atoms with van der Waals surface area (Å²) in [6.45, 7) is 0.269. The lowest BCUT2D eigenvalue weighted by Gasteiger charge is -2.16. The van der Waals surface area contributed by atoms with Crippen LogP contribution in [0.1, 0.15) is 28.5 Å². The first-order chi connectivity index (χ1) is 9.99. The van der Waals surface area contributed by atoms with Gasteiger partial charge in [-0.3, -0.25) is 0 Å². The third kappa shape index (κ3) is 4.48. The van der Waals surface area contributed by atoms with Gasteiger partial charge in [0.15, 0.2) is 0 Å². The van der Waals surface area contributed by atoms with Crippen molar-refractivity contribution in [1.29, 1.82) is 0 Å². The highest BCUT2D eigenvalue weighted by molar-refractivity contribution is 5.92. The fourth-order valence-corrected chi connectivity index (χ4v) is 1.48. The van der Waals surface area contributed by atoms with E-state index in [4.69, 9.17) is 5.73 Å². The van der Waals surface area contributed by atoms with E-state index in [1.165, 1.54) is 6.92 Å². The van der Waals surface area contributed by atoms with E-state index in [1.54, 1.807) is 0 Å². The number of aromatic nitrogens is 1. The number of nitrogens with zero attached hydrogens (tertiary/aromatic N) is 1. The van der Waals surface area contributed by atoms with Crippen LogP contribution in [0.15, 0.2) is 6.07 Å². The fourth-order valence-electron chi connectivity index (χ4n) is 1.48. The largest absolute Gasteiger partial charge is 0.574 e. The number of hydrogen-bond donors (Lipinski definition) is 1. The number of nitrogens with two attached hydrogens (primary N) is 1. The van der Waals surface area contributed by atoms with Crippen molar-refractivity contribution >= 4 is 5.97 Å². The summed E-state index contributed by atoms with van der Waals surface area (Å²) in [6, 6.07) is 0.175. The van der Waals surface area contributed by atoms with Gasteiger partial charge in [-0.15, -0.1) is 13.2 Å². The Morgan fingerprint density at radius 3 is 2.27 bits per heavy atom. The number of carbonyl (C=O) groups excluding carboxylic acids is 1. The molecule has 0 unspecified atom stereocenters. The van der Waals surface area contributed by atoms with E-state index in [1.807, 2.05) is 0 Å². The van der Waals surface area contributed by atoms with Gasteiger partial charge in [0, 0.05) is 6.54 Å². The van der Waals surface area contributed by atoms with Crippen molar-refractivity contribution in [3.63, 3.8) is 0 Å². The first-order valence-electron chi connectivity index (χ1n) is 5.73. The van der Waals surface area contributed by atoms with Crippen LogP contribution in [0, 0.1) is 0 Å². The fraction of sp³-hybridized carbons (Fsp3) is 0.455. The molecule has 0 bridgehead atoms. The van der Waals surface area contributed by atoms with E-state index in [2.05, 4.69) is 14.5 Å². The Balaban J connectivity index is 3.50. The van der Waals surface area contributed by atoms with Crippen molar-refractivity contribution < 1.29 is 40.6 Å². The molecule has 5 nitrogen and oxygen atoms in total. The van der Waals surface area contributed by atoms with Gasteiger partial charge in [-0.2, -0.15) is 13.2 Å². The van der Waals surface area contributed by atoms with Gasteiger partial charge >= 0.3 is 18.5 Å². The molecule has 11 heteroatoms. The second-order valence-electron chi connectivity index (χ2n) is 3.81. The molecule has 0 aliphatic rings. The van der Waals surface area contributed by atoms with Gasteiger partial charge in [0.1, 0.15) is 5.56 Å². The van der Waals surface area contributed by atoms with Gasteiger partial charge in [-0.1, -0.05) is 0 Å². The Kier molecular flexibility index (Phi) is 5.22. The molecule has 0 atom stereocenters. The number of rotatable bonds is 4. The van der Waals surface area contributed by atoms with Gasteiger partial charge in [0.25, 0.3) is 0 Å². The van der Waals surface area contributed by atoms with Crippen molar-refractivity contribution in [3.05, 3.63) is 22.9 Å². The van der Waals surface area contributed by atoms with Crippen molar-refractivity contribution in [3.8, 4) is 5.88 Å². The van der Waals surface area contributed by atoms with Crippen LogP contribution in [-0.4, -0.2) is 23.9 Å². The second-order valence-corrected chi connectivity index (χ2v) is 3.81. The molecule has 0 fully saturated rings. The van der Waals surface area contributed by atoms with Crippen molar-refractivity contribution in [2.24, 2.45) is 5.73 Å². The van der Waals surface area contributed by atoms with Gasteiger partial charge in [0.2, 0.25) is 5.88 Å². The van der Waals surface area contributed by atoms with E-state index in [-0.39, 0.29) is 12.7 Å². The Morgan fingerprint density at radius 1 is 1.27 bits per heavy atom. The molecular formula is C11H10F6N2O3. The van der Waals surface area contributed by atoms with Crippen LogP contribution in [0.5, 0.6) is 5.88 Å². The number of ether oxygens (including phenoxy) is 2. The van der Waals surface area contributed by atoms with Crippen LogP contribution in [-0.2, 0) is 17.5 Å². The maximum atomic E-state index is 12.8. The zero-order valence-corrected chi connectivity index (χ0v) is 11.0. The minimum Gasteiger partial charge on any atom is -0.462 e. The summed E-state index contributed by atoms with van der Waals surface area (Å²) in [5.41, 5.74) is 1.63. The van der Waals surface area contributed by atoms with E-state index >= 15 is 0 Å². The third-order valence-corrected chi connectivity index (χ3v) is 2.27. The summed E-state index contributed by atoms with van der Waals surface area (Å²) < 4.78 is 83.2. The molecule has 0 radical (unpaired) electrons. The summed E-state index contributed by atoms with van der Waals surface area (Å²) in [5, 5.41) is 0. The monoisotopic (exact) mass is 332 g/mol. The highest BCUT2D eigenvalue weighted by Crippen LogP contribution is 2.35. The van der Waals surface area contributed by atoms with Gasteiger partial charge < -0.3 is 15.2 Å². The summed E-state index contributed by atoms with van der Waals surface area (Å²) in [6.07, 6.45) is -10.2. The minimum atomic E-state index is -5.25. The molecule has 1 heterocycles. The molecule has 0 saturated carbocycles. The zero-order chi connectivity index (χ0) is 17.1. The third-order valence-electron chi connectivity index (χ3n) is 2.27. The number of esters is 1. The topological polar surface area (TPSA) is 74.4 Å². The standard InChI is InChI=1S/C11H10F6N2O3/c1-2-21-9(20)5-3-6(10(12,13)14)7(4-18)19-8(5)22-11(15,16)17/h3H,2,4,18H2,1H3. The SMILES string of the molecule is CCOC(=O)c1cc(C(F)(F)F)c(CN)nc1OC(F)(F)F. The lowest BCUT2D eigenvalue weighted by atomic mass is 10.1. The molecule has 0 saturated heterocycles. The number of pyridine rings is 1. The average Bonchev–Trinajstić information content (AvgIpc) is 2.35. The first-order valence-corrected chi connectivity index (χ1v) is 5.73. The number of carbonyl (C=O) groups is 1. The van der Waals surface area contributed by atoms with Crippen LogP contribution < -0.4 is 10.5 Å². The Morgan fingerprint density at radius 2 is 1.86 bits per heavy atom. The maximum Gasteiger partial charge on any atom is 0.574 e. The minimum absolute atomic E-state index is 0.175. The molecule has 1 aromatic heterocycles. The average molecular weight is 332 g/mol. The summed E-state index contributed by atoms with van der Waals surface area (Å²) >= 11 is 0. The number of halogens is 6. The molecule has 1 aromatic rings. The number of hydrogen-bond acceptors (Lipinski definition) is 5. The first kappa shape index (κ1) is 18.0. The van der Waals surface area contributed by atoms with E-state index in [0.29, 0.717) is 0 Å². The molecule has 1 rings (SSSR count). The summed E-state index contributed by atoms with van der Waals surface area (Å²) in [4.78, 5) is 14.6. The molecule has 0 aromatic carbocycles. The van der Waals surface area contributed by atoms with Gasteiger partial charge in [-0.25, -0.2) is 9.78 Å². The summed E-state index contributed by atoms with van der Waals surface area (Å²) in [7, 11) is 0. The Hall–Kier alpha value is -2.04. The lowest BCUT2D eigenvalue weighted by molar-refractivity contribution is -0.276. The maximum absolute atomic E-state index is 12.8. The van der Waals surface area contributed by atoms with Crippen molar-refractivity contribution in [1.82, 2.24) is 4.98 Å². The smallest absolute Gasteiger partial charge is 0.462 e. The van der Waals surface area contributed by atoms with Crippen LogP contribution in [0.4, 0.5) is 26.3 Å². The normalized spacial score (nSPS) is 12.2. The lowest BCUT2D eigenvalue weighted by Crippen LogP contribution is -2.23. The second kappa shape index (κ2) is 6.38. The Labute approximate surface area is 120 Å². The van der Waals surface area contributed by atoms with Crippen LogP contribution >= 0.6 is 0 Å². The molecular weight excluding hydrogens is 322 g/mol. The predicted octanol–water partition coefficient (Wildman–Crippen LogP) is 2.63. The molecule has 0 aliphatic carbocycles. The van der Waals surface area contributed by atoms with Crippen LogP contribution in [0.3, 0.4) is 0 Å². The van der Waals surface area contributed by atoms with Gasteiger partial charge in [0.05, 0.1) is 17.9 Å². The quantitative estimate of drug-likeness (QED) is 0.678. The zero-order valence-electron chi connectivity index (χ0n) is 11.0. The molecule has 0 aliphatic heterocycles. The predicted molar refractivity (Wildman–Crippen MR) is 59.8 cm³/mol. The van der Waals surface area contributed by atoms with Crippen LogP contribution in [0.2, 0.25) is 0 Å². The van der Waals surface area contributed by atoms with E-state index < -0.39 is 47.8 Å². The highest BCUT2D eigenvalue weighted by atomic mass is 19.4. The van der Waals surface area contributed by atoms with Crippen molar-refractivity contribution in [2.75, 3.05) is 6.61 Å². The molecule has 0 amide bonds. The van der Waals surface area contributed by atoms with E-state index in [0.717, 1.165) is 0 Å². The van der Waals surface area contributed by atoms with Crippen molar-refractivity contribution in [2.45, 2.75) is 26.0 Å². The van der Waals surface area contributed by atoms with Gasteiger partial charge in [-0.05, 0) is 13.0 Å². The molecule has 2 N–H and O–H groups in total.